The minimum atomic E-state index is -0.481. The molecular weight excluding hydrogens is 497 g/mol. The van der Waals surface area contributed by atoms with Crippen LogP contribution in [0.3, 0.4) is 0 Å². The highest BCUT2D eigenvalue weighted by Gasteiger charge is 2.17. The lowest BCUT2D eigenvalue weighted by molar-refractivity contribution is 0.0462. The quantitative estimate of drug-likeness (QED) is 0.290. The molecule has 1 atom stereocenters. The third kappa shape index (κ3) is 6.67. The van der Waals surface area contributed by atoms with E-state index in [0.29, 0.717) is 29.7 Å². The lowest BCUT2D eigenvalue weighted by Gasteiger charge is -2.22. The summed E-state index contributed by atoms with van der Waals surface area (Å²) in [6, 6.07) is 14.3. The number of halogens is 1. The Morgan fingerprint density at radius 2 is 1.97 bits per heavy atom. The van der Waals surface area contributed by atoms with Gasteiger partial charge in [0.25, 0.3) is 5.91 Å². The van der Waals surface area contributed by atoms with Crippen LogP contribution in [0.25, 0.3) is 11.1 Å². The molecule has 1 unspecified atom stereocenters. The van der Waals surface area contributed by atoms with Crippen molar-refractivity contribution in [2.24, 2.45) is 5.92 Å². The van der Waals surface area contributed by atoms with E-state index in [4.69, 9.17) is 9.47 Å². The van der Waals surface area contributed by atoms with Gasteiger partial charge in [-0.2, -0.15) is 0 Å². The van der Waals surface area contributed by atoms with Crippen molar-refractivity contribution in [1.82, 2.24) is 20.2 Å². The van der Waals surface area contributed by atoms with Gasteiger partial charge in [0.2, 0.25) is 5.82 Å². The van der Waals surface area contributed by atoms with Crippen molar-refractivity contribution in [2.75, 3.05) is 25.1 Å². The van der Waals surface area contributed by atoms with Gasteiger partial charge in [0.15, 0.2) is 0 Å². The number of pyridine rings is 1. The minimum Gasteiger partial charge on any atom is -0.494 e. The second-order valence-electron chi connectivity index (χ2n) is 9.92. The lowest BCUT2D eigenvalue weighted by atomic mass is 9.97. The molecule has 0 spiro atoms. The van der Waals surface area contributed by atoms with E-state index in [1.807, 2.05) is 38.1 Å². The zero-order valence-corrected chi connectivity index (χ0v) is 22.2. The van der Waals surface area contributed by atoms with Gasteiger partial charge in [0.05, 0.1) is 6.61 Å². The van der Waals surface area contributed by atoms with Gasteiger partial charge in [0, 0.05) is 25.8 Å². The molecule has 39 heavy (non-hydrogen) atoms. The maximum absolute atomic E-state index is 14.0. The predicted octanol–water partition coefficient (Wildman–Crippen LogP) is 5.66. The van der Waals surface area contributed by atoms with Crippen LogP contribution in [0.1, 0.15) is 52.4 Å². The second-order valence-corrected chi connectivity index (χ2v) is 9.92. The standard InChI is InChI=1S/C30H32FN5O3/c1-19-9-10-23(39-13-11-21-6-5-12-38-18-21)15-24(19)25-16-27(32-17-20(25)2)34-30(37)29-33-28(35-36-29)14-22-7-3-4-8-26(22)31/h3-4,7-10,15-17,21H,5-6,11-14,18H2,1-2H3,(H,32,34,37)(H,33,35,36). The third-order valence-corrected chi connectivity index (χ3v) is 6.96. The molecule has 0 saturated carbocycles. The topological polar surface area (TPSA) is 102 Å². The molecule has 1 saturated heterocycles. The van der Waals surface area contributed by atoms with Crippen molar-refractivity contribution in [3.63, 3.8) is 0 Å². The molecule has 202 valence electrons. The van der Waals surface area contributed by atoms with Crippen LogP contribution in [0.15, 0.2) is 54.7 Å². The number of carbonyl (C=O) groups is 1. The molecule has 1 fully saturated rings. The number of hydrogen-bond acceptors (Lipinski definition) is 6. The average molecular weight is 530 g/mol. The van der Waals surface area contributed by atoms with Gasteiger partial charge in [-0.05, 0) is 91.1 Å². The van der Waals surface area contributed by atoms with E-state index >= 15 is 0 Å². The van der Waals surface area contributed by atoms with Gasteiger partial charge in [0.1, 0.15) is 23.2 Å². The second kappa shape index (κ2) is 12.2. The molecule has 2 aromatic heterocycles. The van der Waals surface area contributed by atoms with E-state index in [9.17, 15) is 9.18 Å². The Morgan fingerprint density at radius 1 is 1.13 bits per heavy atom. The molecule has 1 amide bonds. The van der Waals surface area contributed by atoms with Gasteiger partial charge in [-0.1, -0.05) is 24.3 Å². The molecule has 5 rings (SSSR count). The van der Waals surface area contributed by atoms with Crippen LogP contribution in [-0.2, 0) is 11.2 Å². The maximum Gasteiger partial charge on any atom is 0.294 e. The fraction of sp³-hybridized carbons (Fsp3) is 0.333. The Balaban J connectivity index is 1.26. The number of nitrogens with one attached hydrogen (secondary N) is 2. The number of benzene rings is 2. The summed E-state index contributed by atoms with van der Waals surface area (Å²) in [5, 5.41) is 10.7. The van der Waals surface area contributed by atoms with Crippen LogP contribution < -0.4 is 10.1 Å². The fourth-order valence-electron chi connectivity index (χ4n) is 4.72. The molecule has 1 aliphatic heterocycles. The molecular formula is C30H32FN5O3. The minimum absolute atomic E-state index is 0.0280. The van der Waals surface area contributed by atoms with E-state index < -0.39 is 5.91 Å². The lowest BCUT2D eigenvalue weighted by Crippen LogP contribution is -2.19. The van der Waals surface area contributed by atoms with E-state index in [1.54, 1.807) is 24.4 Å². The Morgan fingerprint density at radius 3 is 2.79 bits per heavy atom. The van der Waals surface area contributed by atoms with Crippen molar-refractivity contribution in [3.05, 3.63) is 88.9 Å². The summed E-state index contributed by atoms with van der Waals surface area (Å²) in [6.45, 7) is 6.34. The third-order valence-electron chi connectivity index (χ3n) is 6.96. The highest BCUT2D eigenvalue weighted by Crippen LogP contribution is 2.31. The van der Waals surface area contributed by atoms with Crippen LogP contribution in [0.5, 0.6) is 5.75 Å². The fourth-order valence-corrected chi connectivity index (χ4v) is 4.72. The molecule has 1 aliphatic rings. The zero-order chi connectivity index (χ0) is 27.2. The smallest absolute Gasteiger partial charge is 0.294 e. The largest absolute Gasteiger partial charge is 0.494 e. The first kappa shape index (κ1) is 26.5. The van der Waals surface area contributed by atoms with Crippen molar-refractivity contribution in [1.29, 1.82) is 0 Å². The van der Waals surface area contributed by atoms with E-state index in [0.717, 1.165) is 54.1 Å². The first-order valence-corrected chi connectivity index (χ1v) is 13.2. The van der Waals surface area contributed by atoms with Gasteiger partial charge in [-0.15, -0.1) is 10.2 Å². The van der Waals surface area contributed by atoms with Gasteiger partial charge >= 0.3 is 0 Å². The maximum atomic E-state index is 14.0. The summed E-state index contributed by atoms with van der Waals surface area (Å²) in [6.07, 6.45) is 5.20. The Bertz CT molecular complexity index is 1450. The first-order chi connectivity index (χ1) is 19.0. The van der Waals surface area contributed by atoms with Gasteiger partial charge < -0.3 is 19.8 Å². The monoisotopic (exact) mass is 529 g/mol. The normalized spacial score (nSPS) is 15.2. The summed E-state index contributed by atoms with van der Waals surface area (Å²) < 4.78 is 25.6. The molecule has 4 aromatic rings. The van der Waals surface area contributed by atoms with E-state index in [-0.39, 0.29) is 18.1 Å². The van der Waals surface area contributed by atoms with Crippen LogP contribution in [0.4, 0.5) is 10.2 Å². The Kier molecular flexibility index (Phi) is 8.27. The van der Waals surface area contributed by atoms with Gasteiger partial charge in [-0.3, -0.25) is 4.79 Å². The molecule has 9 heteroatoms. The van der Waals surface area contributed by atoms with Crippen molar-refractivity contribution < 1.29 is 18.7 Å². The Labute approximate surface area is 227 Å². The SMILES string of the molecule is Cc1ccc(OCCC2CCCOC2)cc1-c1cc(NC(=O)c2nnc(Cc3ccccc3F)[nH]2)ncc1C. The predicted molar refractivity (Wildman–Crippen MR) is 146 cm³/mol. The molecule has 2 aromatic carbocycles. The first-order valence-electron chi connectivity index (χ1n) is 13.2. The number of ether oxygens (including phenoxy) is 2. The number of aryl methyl sites for hydroxylation is 2. The summed E-state index contributed by atoms with van der Waals surface area (Å²) in [4.78, 5) is 20.1. The van der Waals surface area contributed by atoms with Crippen molar-refractivity contribution >= 4 is 11.7 Å². The number of anilines is 1. The number of H-pyrrole nitrogens is 1. The highest BCUT2D eigenvalue weighted by molar-refractivity contribution is 6.01. The van der Waals surface area contributed by atoms with E-state index in [1.165, 1.54) is 12.5 Å². The average Bonchev–Trinajstić information content (AvgIpc) is 3.41. The zero-order valence-electron chi connectivity index (χ0n) is 22.2. The number of amides is 1. The number of nitrogens with zero attached hydrogens (tertiary/aromatic N) is 3. The van der Waals surface area contributed by atoms with E-state index in [2.05, 4.69) is 25.5 Å². The molecule has 0 radical (unpaired) electrons. The van der Waals surface area contributed by atoms with Crippen LogP contribution in [0.2, 0.25) is 0 Å². The summed E-state index contributed by atoms with van der Waals surface area (Å²) >= 11 is 0. The molecule has 2 N–H and O–H groups in total. The summed E-state index contributed by atoms with van der Waals surface area (Å²) in [7, 11) is 0. The number of hydrogen-bond donors (Lipinski definition) is 2. The van der Waals surface area contributed by atoms with Crippen LogP contribution in [0, 0.1) is 25.6 Å². The van der Waals surface area contributed by atoms with Crippen LogP contribution >= 0.6 is 0 Å². The highest BCUT2D eigenvalue weighted by atomic mass is 19.1. The number of carbonyl (C=O) groups excluding carboxylic acids is 1. The number of rotatable bonds is 9. The van der Waals surface area contributed by atoms with Gasteiger partial charge in [-0.25, -0.2) is 9.37 Å². The number of aromatic amines is 1. The Hall–Kier alpha value is -4.11. The van der Waals surface area contributed by atoms with Crippen molar-refractivity contribution in [3.8, 4) is 16.9 Å². The molecule has 3 heterocycles. The number of aromatic nitrogens is 4. The molecule has 0 bridgehead atoms. The summed E-state index contributed by atoms with van der Waals surface area (Å²) in [5.41, 5.74) is 4.48. The van der Waals surface area contributed by atoms with Crippen LogP contribution in [-0.4, -0.2) is 45.9 Å². The van der Waals surface area contributed by atoms with Crippen molar-refractivity contribution in [2.45, 2.75) is 39.5 Å². The molecule has 0 aliphatic carbocycles. The molecule has 8 nitrogen and oxygen atoms in total. The summed E-state index contributed by atoms with van der Waals surface area (Å²) in [5.74, 6) is 1.35.